The number of nitrogens with two attached hydrogens (primary N) is 1. The average Bonchev–Trinajstić information content (AvgIpc) is 2.87. The average molecular weight is 243 g/mol. The minimum atomic E-state index is 0.332. The van der Waals surface area contributed by atoms with E-state index in [4.69, 9.17) is 9.47 Å². The fourth-order valence-corrected chi connectivity index (χ4v) is 1.99. The van der Waals surface area contributed by atoms with Crippen molar-refractivity contribution in [2.24, 2.45) is 0 Å². The van der Waals surface area contributed by atoms with Gasteiger partial charge in [0.1, 0.15) is 13.1 Å². The number of pyridine rings is 1. The number of hydrogen-bond acceptors (Lipinski definition) is 3. The van der Waals surface area contributed by atoms with Gasteiger partial charge in [0.2, 0.25) is 6.79 Å². The Labute approximate surface area is 106 Å². The number of hydrogen-bond donors (Lipinski definition) is 1. The van der Waals surface area contributed by atoms with E-state index >= 15 is 0 Å². The first-order valence-corrected chi connectivity index (χ1v) is 6.01. The molecule has 0 fully saturated rings. The maximum Gasteiger partial charge on any atom is 0.231 e. The molecule has 3 rings (SSSR count). The van der Waals surface area contributed by atoms with Gasteiger partial charge in [0, 0.05) is 23.5 Å². The second kappa shape index (κ2) is 5.06. The minimum absolute atomic E-state index is 0.332. The molecule has 0 bridgehead atoms. The second-order valence-electron chi connectivity index (χ2n) is 4.25. The van der Waals surface area contributed by atoms with Crippen molar-refractivity contribution in [3.8, 4) is 11.5 Å². The van der Waals surface area contributed by atoms with E-state index in [9.17, 15) is 0 Å². The highest BCUT2D eigenvalue weighted by Crippen LogP contribution is 2.32. The monoisotopic (exact) mass is 243 g/mol. The van der Waals surface area contributed by atoms with Crippen molar-refractivity contribution in [3.05, 3.63) is 53.9 Å². The Morgan fingerprint density at radius 2 is 1.94 bits per heavy atom. The molecule has 2 N–H and O–H groups in total. The first kappa shape index (κ1) is 11.0. The van der Waals surface area contributed by atoms with E-state index in [1.165, 1.54) is 11.1 Å². The van der Waals surface area contributed by atoms with Crippen LogP contribution >= 0.6 is 0 Å². The molecule has 2 aromatic rings. The third kappa shape index (κ3) is 2.43. The highest BCUT2D eigenvalue weighted by Gasteiger charge is 2.13. The third-order valence-electron chi connectivity index (χ3n) is 2.92. The van der Waals surface area contributed by atoms with Crippen LogP contribution in [0.4, 0.5) is 0 Å². The topological polar surface area (TPSA) is 48.0 Å². The zero-order valence-corrected chi connectivity index (χ0v) is 10.0. The predicted octanol–water partition coefficient (Wildman–Crippen LogP) is 1.07. The predicted molar refractivity (Wildman–Crippen MR) is 66.1 cm³/mol. The van der Waals surface area contributed by atoms with Gasteiger partial charge in [-0.2, -0.15) is 0 Å². The second-order valence-corrected chi connectivity index (χ2v) is 4.25. The summed E-state index contributed by atoms with van der Waals surface area (Å²) in [5, 5.41) is 2.24. The van der Waals surface area contributed by atoms with Crippen LogP contribution in [0.5, 0.6) is 11.5 Å². The van der Waals surface area contributed by atoms with Crippen molar-refractivity contribution in [1.29, 1.82) is 0 Å². The minimum Gasteiger partial charge on any atom is -0.454 e. The number of fused-ring (bicyclic) bond motifs is 1. The summed E-state index contributed by atoms with van der Waals surface area (Å²) in [7, 11) is 0. The first-order chi connectivity index (χ1) is 8.92. The molecule has 1 aliphatic rings. The van der Waals surface area contributed by atoms with Crippen LogP contribution < -0.4 is 14.8 Å². The lowest BCUT2D eigenvalue weighted by molar-refractivity contribution is -0.686. The number of nitrogens with zero attached hydrogens (tertiary/aromatic N) is 1. The standard InChI is InChI=1S/C14H14N2O2/c1-2-12(8-15-5-1)9-16-7-11-3-4-13-14(6-11)18-10-17-13/h1-6,8,16H,7,9-10H2/p+1. The zero-order chi connectivity index (χ0) is 12.2. The number of quaternary nitrogens is 1. The molecular weight excluding hydrogens is 228 g/mol. The van der Waals surface area contributed by atoms with Crippen molar-refractivity contribution >= 4 is 0 Å². The molecule has 0 unspecified atom stereocenters. The SMILES string of the molecule is c1cncc(C[NH2+]Cc2ccc3c(c2)OCO3)c1. The lowest BCUT2D eigenvalue weighted by atomic mass is 10.2. The molecule has 0 aliphatic carbocycles. The Balaban J connectivity index is 1.57. The summed E-state index contributed by atoms with van der Waals surface area (Å²) in [6, 6.07) is 10.1. The molecule has 1 aromatic heterocycles. The van der Waals surface area contributed by atoms with Crippen LogP contribution in [0.15, 0.2) is 42.7 Å². The summed E-state index contributed by atoms with van der Waals surface area (Å²) in [6.07, 6.45) is 3.69. The van der Waals surface area contributed by atoms with Crippen LogP contribution in [-0.4, -0.2) is 11.8 Å². The zero-order valence-electron chi connectivity index (χ0n) is 10.0. The van der Waals surface area contributed by atoms with E-state index in [1.807, 2.05) is 24.4 Å². The van der Waals surface area contributed by atoms with Gasteiger partial charge in [0.15, 0.2) is 11.5 Å². The van der Waals surface area contributed by atoms with Crippen molar-refractivity contribution in [1.82, 2.24) is 4.98 Å². The molecule has 1 aliphatic heterocycles. The van der Waals surface area contributed by atoms with Gasteiger partial charge in [-0.3, -0.25) is 4.98 Å². The molecular formula is C14H15N2O2+. The van der Waals surface area contributed by atoms with E-state index in [-0.39, 0.29) is 0 Å². The molecule has 18 heavy (non-hydrogen) atoms. The molecule has 0 amide bonds. The van der Waals surface area contributed by atoms with Crippen LogP contribution in [0.1, 0.15) is 11.1 Å². The maximum absolute atomic E-state index is 5.36. The fourth-order valence-electron chi connectivity index (χ4n) is 1.99. The quantitative estimate of drug-likeness (QED) is 0.874. The van der Waals surface area contributed by atoms with Crippen LogP contribution in [-0.2, 0) is 13.1 Å². The normalized spacial score (nSPS) is 12.7. The Hall–Kier alpha value is -2.07. The van der Waals surface area contributed by atoms with Gasteiger partial charge in [-0.05, 0) is 24.3 Å². The molecule has 0 saturated heterocycles. The lowest BCUT2D eigenvalue weighted by Crippen LogP contribution is -2.80. The summed E-state index contributed by atoms with van der Waals surface area (Å²) in [6.45, 7) is 2.19. The Bertz CT molecular complexity index is 529. The summed E-state index contributed by atoms with van der Waals surface area (Å²) < 4.78 is 10.6. The molecule has 4 nitrogen and oxygen atoms in total. The molecule has 1 aromatic carbocycles. The first-order valence-electron chi connectivity index (χ1n) is 6.01. The summed E-state index contributed by atoms with van der Waals surface area (Å²) in [5.74, 6) is 1.69. The van der Waals surface area contributed by atoms with Crippen molar-refractivity contribution in [2.75, 3.05) is 6.79 Å². The highest BCUT2D eigenvalue weighted by molar-refractivity contribution is 5.44. The van der Waals surface area contributed by atoms with Gasteiger partial charge in [-0.25, -0.2) is 0 Å². The van der Waals surface area contributed by atoms with Crippen LogP contribution in [0, 0.1) is 0 Å². The number of ether oxygens (including phenoxy) is 2. The van der Waals surface area contributed by atoms with E-state index in [1.54, 1.807) is 6.20 Å². The highest BCUT2D eigenvalue weighted by atomic mass is 16.7. The van der Waals surface area contributed by atoms with Crippen molar-refractivity contribution < 1.29 is 14.8 Å². The van der Waals surface area contributed by atoms with Gasteiger partial charge in [-0.1, -0.05) is 6.07 Å². The van der Waals surface area contributed by atoms with Gasteiger partial charge < -0.3 is 14.8 Å². The number of rotatable bonds is 4. The fraction of sp³-hybridized carbons (Fsp3) is 0.214. The molecule has 0 radical (unpaired) electrons. The third-order valence-corrected chi connectivity index (χ3v) is 2.92. The van der Waals surface area contributed by atoms with E-state index in [0.717, 1.165) is 24.6 Å². The molecule has 0 saturated carbocycles. The Morgan fingerprint density at radius 1 is 1.06 bits per heavy atom. The maximum atomic E-state index is 5.36. The van der Waals surface area contributed by atoms with E-state index in [0.29, 0.717) is 6.79 Å². The summed E-state index contributed by atoms with van der Waals surface area (Å²) in [4.78, 5) is 4.10. The summed E-state index contributed by atoms with van der Waals surface area (Å²) in [5.41, 5.74) is 2.47. The van der Waals surface area contributed by atoms with Crippen LogP contribution in [0.2, 0.25) is 0 Å². The van der Waals surface area contributed by atoms with Crippen molar-refractivity contribution in [3.63, 3.8) is 0 Å². The molecule has 4 heteroatoms. The van der Waals surface area contributed by atoms with Gasteiger partial charge in [0.05, 0.1) is 0 Å². The van der Waals surface area contributed by atoms with E-state index < -0.39 is 0 Å². The Morgan fingerprint density at radius 3 is 2.83 bits per heavy atom. The largest absolute Gasteiger partial charge is 0.454 e. The molecule has 0 spiro atoms. The lowest BCUT2D eigenvalue weighted by Gasteiger charge is -2.03. The molecule has 92 valence electrons. The molecule has 2 heterocycles. The number of benzene rings is 1. The van der Waals surface area contributed by atoms with E-state index in [2.05, 4.69) is 22.4 Å². The van der Waals surface area contributed by atoms with Gasteiger partial charge >= 0.3 is 0 Å². The number of aromatic nitrogens is 1. The van der Waals surface area contributed by atoms with Gasteiger partial charge in [-0.15, -0.1) is 0 Å². The Kier molecular flexibility index (Phi) is 3.10. The van der Waals surface area contributed by atoms with Crippen LogP contribution in [0.3, 0.4) is 0 Å². The smallest absolute Gasteiger partial charge is 0.231 e. The summed E-state index contributed by atoms with van der Waals surface area (Å²) >= 11 is 0. The van der Waals surface area contributed by atoms with Crippen LogP contribution in [0.25, 0.3) is 0 Å². The van der Waals surface area contributed by atoms with Crippen molar-refractivity contribution in [2.45, 2.75) is 13.1 Å². The molecule has 0 atom stereocenters. The van der Waals surface area contributed by atoms with Gasteiger partial charge in [0.25, 0.3) is 0 Å².